The Balaban J connectivity index is 1.26. The highest BCUT2D eigenvalue weighted by Crippen LogP contribution is 2.15. The monoisotopic (exact) mass is 505 g/mol. The second kappa shape index (κ2) is 12.6. The highest BCUT2D eigenvalue weighted by atomic mass is 16.2. The van der Waals surface area contributed by atoms with Gasteiger partial charge >= 0.3 is 0 Å². The van der Waals surface area contributed by atoms with Crippen molar-refractivity contribution in [3.8, 4) is 0 Å². The van der Waals surface area contributed by atoms with Gasteiger partial charge in [0.2, 0.25) is 5.95 Å². The Bertz CT molecular complexity index is 1420. The number of fused-ring (bicyclic) bond motifs is 1. The molecule has 5 rings (SSSR count). The second-order valence-corrected chi connectivity index (χ2v) is 9.07. The molecular formula is C30H31N7O. The van der Waals surface area contributed by atoms with E-state index in [4.69, 9.17) is 4.98 Å². The molecule has 38 heavy (non-hydrogen) atoms. The van der Waals surface area contributed by atoms with Gasteiger partial charge in [-0.15, -0.1) is 0 Å². The molecule has 0 unspecified atom stereocenters. The quantitative estimate of drug-likeness (QED) is 0.211. The number of hydrogen-bond acceptors (Lipinski definition) is 6. The van der Waals surface area contributed by atoms with Crippen LogP contribution in [0.5, 0.6) is 0 Å². The van der Waals surface area contributed by atoms with Crippen molar-refractivity contribution >= 4 is 22.9 Å². The zero-order valence-electron chi connectivity index (χ0n) is 21.2. The fraction of sp³-hybridized carbons (Fsp3) is 0.200. The summed E-state index contributed by atoms with van der Waals surface area (Å²) in [6.45, 7) is 3.06. The fourth-order valence-corrected chi connectivity index (χ4v) is 4.32. The van der Waals surface area contributed by atoms with Gasteiger partial charge in [0.15, 0.2) is 0 Å². The molecule has 0 aliphatic rings. The average Bonchev–Trinajstić information content (AvgIpc) is 3.38. The lowest BCUT2D eigenvalue weighted by Crippen LogP contribution is -2.33. The number of aromatic amines is 1. The van der Waals surface area contributed by atoms with Crippen LogP contribution in [0.3, 0.4) is 0 Å². The molecule has 0 fully saturated rings. The summed E-state index contributed by atoms with van der Waals surface area (Å²) in [6, 6.07) is 27.8. The summed E-state index contributed by atoms with van der Waals surface area (Å²) >= 11 is 0. The molecule has 8 heteroatoms. The van der Waals surface area contributed by atoms with Gasteiger partial charge in [-0.25, -0.2) is 15.0 Å². The third-order valence-corrected chi connectivity index (χ3v) is 6.19. The minimum Gasteiger partial charge on any atom is -0.354 e. The first-order valence-electron chi connectivity index (χ1n) is 12.8. The minimum absolute atomic E-state index is 0.0219. The Hall–Kier alpha value is -4.56. The maximum atomic E-state index is 13.7. The van der Waals surface area contributed by atoms with Gasteiger partial charge in [0.1, 0.15) is 5.82 Å². The average molecular weight is 506 g/mol. The summed E-state index contributed by atoms with van der Waals surface area (Å²) in [5, 5.41) is 6.68. The molecule has 5 aromatic rings. The molecule has 2 heterocycles. The highest BCUT2D eigenvalue weighted by molar-refractivity contribution is 5.94. The van der Waals surface area contributed by atoms with Gasteiger partial charge in [0, 0.05) is 44.1 Å². The first-order valence-corrected chi connectivity index (χ1v) is 12.8. The fourth-order valence-electron chi connectivity index (χ4n) is 4.32. The van der Waals surface area contributed by atoms with Crippen molar-refractivity contribution in [2.75, 3.05) is 18.4 Å². The highest BCUT2D eigenvalue weighted by Gasteiger charge is 2.18. The van der Waals surface area contributed by atoms with Gasteiger partial charge in [-0.3, -0.25) is 4.79 Å². The summed E-state index contributed by atoms with van der Waals surface area (Å²) in [5.74, 6) is 1.32. The number of aromatic nitrogens is 4. The number of hydrogen-bond donors (Lipinski definition) is 3. The summed E-state index contributed by atoms with van der Waals surface area (Å²) in [5.41, 5.74) is 4.82. The maximum absolute atomic E-state index is 13.7. The Labute approximate surface area is 222 Å². The Morgan fingerprint density at radius 1 is 0.842 bits per heavy atom. The molecule has 0 bridgehead atoms. The van der Waals surface area contributed by atoms with Gasteiger partial charge in [0.05, 0.1) is 17.6 Å². The summed E-state index contributed by atoms with van der Waals surface area (Å²) in [7, 11) is 0. The summed E-state index contributed by atoms with van der Waals surface area (Å²) in [6.07, 6.45) is 4.14. The molecule has 2 aromatic heterocycles. The summed E-state index contributed by atoms with van der Waals surface area (Å²) < 4.78 is 0. The number of rotatable bonds is 12. The van der Waals surface area contributed by atoms with Crippen molar-refractivity contribution in [1.29, 1.82) is 0 Å². The number of nitrogens with one attached hydrogen (secondary N) is 3. The third-order valence-electron chi connectivity index (χ3n) is 6.19. The predicted octanol–water partition coefficient (Wildman–Crippen LogP) is 4.79. The van der Waals surface area contributed by atoms with E-state index in [1.807, 2.05) is 71.6 Å². The van der Waals surface area contributed by atoms with Gasteiger partial charge in [-0.05, 0) is 47.9 Å². The zero-order chi connectivity index (χ0) is 26.0. The van der Waals surface area contributed by atoms with Crippen LogP contribution in [0.25, 0.3) is 11.0 Å². The van der Waals surface area contributed by atoms with Crippen molar-refractivity contribution < 1.29 is 4.79 Å². The number of nitrogens with zero attached hydrogens (tertiary/aromatic N) is 4. The van der Waals surface area contributed by atoms with E-state index in [2.05, 4.69) is 37.7 Å². The smallest absolute Gasteiger partial charge is 0.254 e. The van der Waals surface area contributed by atoms with Crippen LogP contribution in [0, 0.1) is 0 Å². The largest absolute Gasteiger partial charge is 0.354 e. The van der Waals surface area contributed by atoms with E-state index in [0.29, 0.717) is 37.7 Å². The van der Waals surface area contributed by atoms with Gasteiger partial charge in [0.25, 0.3) is 5.91 Å². The van der Waals surface area contributed by atoms with E-state index in [9.17, 15) is 4.79 Å². The normalized spacial score (nSPS) is 10.9. The predicted molar refractivity (Wildman–Crippen MR) is 149 cm³/mol. The van der Waals surface area contributed by atoms with E-state index < -0.39 is 0 Å². The number of benzene rings is 3. The lowest BCUT2D eigenvalue weighted by molar-refractivity contribution is 0.0738. The molecule has 0 saturated carbocycles. The number of para-hydroxylation sites is 2. The minimum atomic E-state index is -0.0219. The Morgan fingerprint density at radius 2 is 1.61 bits per heavy atom. The molecule has 0 atom stereocenters. The molecule has 1 amide bonds. The Kier molecular flexibility index (Phi) is 8.33. The Morgan fingerprint density at radius 3 is 2.45 bits per heavy atom. The lowest BCUT2D eigenvalue weighted by Gasteiger charge is -2.22. The number of amides is 1. The SMILES string of the molecule is O=C(c1cccc(CNCc2ccccc2)c1)N(CCCNc1ncccn1)Cc1nc2ccccc2[nH]1. The van der Waals surface area contributed by atoms with E-state index in [1.54, 1.807) is 18.5 Å². The first-order chi connectivity index (χ1) is 18.7. The summed E-state index contributed by atoms with van der Waals surface area (Å²) in [4.78, 5) is 32.0. The van der Waals surface area contributed by atoms with Crippen molar-refractivity contribution in [3.63, 3.8) is 0 Å². The standard InChI is InChI=1S/C30H31N7O/c38-29(25-12-6-11-24(19-25)21-31-20-23-9-2-1-3-10-23)37(18-8-17-34-30-32-15-7-16-33-30)22-28-35-26-13-4-5-14-27(26)36-28/h1-7,9-16,19,31H,8,17-18,20-22H2,(H,35,36)(H,32,33,34). The van der Waals surface area contributed by atoms with Crippen LogP contribution in [0.4, 0.5) is 5.95 Å². The molecule has 3 N–H and O–H groups in total. The van der Waals surface area contributed by atoms with Crippen LogP contribution in [-0.2, 0) is 19.6 Å². The molecule has 0 aliphatic heterocycles. The zero-order valence-corrected chi connectivity index (χ0v) is 21.2. The first kappa shape index (κ1) is 25.1. The van der Waals surface area contributed by atoms with Crippen LogP contribution in [0.1, 0.15) is 33.7 Å². The van der Waals surface area contributed by atoms with Crippen molar-refractivity contribution in [3.05, 3.63) is 120 Å². The van der Waals surface area contributed by atoms with Gasteiger partial charge in [-0.2, -0.15) is 0 Å². The van der Waals surface area contributed by atoms with Crippen LogP contribution < -0.4 is 10.6 Å². The van der Waals surface area contributed by atoms with Crippen LogP contribution in [-0.4, -0.2) is 43.8 Å². The van der Waals surface area contributed by atoms with Crippen LogP contribution in [0.2, 0.25) is 0 Å². The molecule has 0 saturated heterocycles. The van der Waals surface area contributed by atoms with E-state index in [-0.39, 0.29) is 5.91 Å². The topological polar surface area (TPSA) is 98.8 Å². The van der Waals surface area contributed by atoms with Crippen LogP contribution >= 0.6 is 0 Å². The van der Waals surface area contributed by atoms with E-state index in [0.717, 1.165) is 35.4 Å². The third kappa shape index (κ3) is 6.80. The number of carbonyl (C=O) groups excluding carboxylic acids is 1. The molecule has 0 aliphatic carbocycles. The maximum Gasteiger partial charge on any atom is 0.254 e. The van der Waals surface area contributed by atoms with Gasteiger partial charge in [-0.1, -0.05) is 54.6 Å². The molecule has 3 aromatic carbocycles. The number of H-pyrrole nitrogens is 1. The molecule has 0 radical (unpaired) electrons. The number of imidazole rings is 1. The van der Waals surface area contributed by atoms with Crippen molar-refractivity contribution in [2.24, 2.45) is 0 Å². The van der Waals surface area contributed by atoms with Crippen molar-refractivity contribution in [1.82, 2.24) is 30.2 Å². The molecule has 192 valence electrons. The van der Waals surface area contributed by atoms with Crippen LogP contribution in [0.15, 0.2) is 97.3 Å². The molecular weight excluding hydrogens is 474 g/mol. The lowest BCUT2D eigenvalue weighted by atomic mass is 10.1. The molecule has 8 nitrogen and oxygen atoms in total. The number of carbonyl (C=O) groups is 1. The van der Waals surface area contributed by atoms with Crippen molar-refractivity contribution in [2.45, 2.75) is 26.1 Å². The second-order valence-electron chi connectivity index (χ2n) is 9.07. The van der Waals surface area contributed by atoms with E-state index in [1.165, 1.54) is 5.56 Å². The van der Waals surface area contributed by atoms with E-state index >= 15 is 0 Å². The molecule has 0 spiro atoms. The van der Waals surface area contributed by atoms with Gasteiger partial charge < -0.3 is 20.5 Å². The number of anilines is 1.